The summed E-state index contributed by atoms with van der Waals surface area (Å²) in [4.78, 5) is 0. The van der Waals surface area contributed by atoms with Gasteiger partial charge < -0.3 is 4.57 Å². The predicted octanol–water partition coefficient (Wildman–Crippen LogP) is 7.87. The summed E-state index contributed by atoms with van der Waals surface area (Å²) in [5.74, 6) is 0. The molecule has 6 aromatic carbocycles. The Kier molecular flexibility index (Phi) is 4.23. The lowest BCUT2D eigenvalue weighted by atomic mass is 9.37. The SMILES string of the molecule is Cc1cc2c3c(c1)-n1c4c(C)cc(C)cc4n4c5ccccc5c(c14)B3c1cc3c(cc1-2)c1ccccc1n3-c1ccccc1. The molecule has 3 nitrogen and oxygen atoms in total. The fraction of sp³-hybridized carbons (Fsp3) is 0.0732. The van der Waals surface area contributed by atoms with Crippen LogP contribution in [-0.2, 0) is 0 Å². The monoisotopic (exact) mass is 573 g/mol. The van der Waals surface area contributed by atoms with Crippen molar-refractivity contribution in [3.8, 4) is 22.5 Å². The van der Waals surface area contributed by atoms with Gasteiger partial charge in [0.1, 0.15) is 5.65 Å². The first-order valence-electron chi connectivity index (χ1n) is 15.9. The van der Waals surface area contributed by atoms with Gasteiger partial charge in [-0.15, -0.1) is 0 Å². The summed E-state index contributed by atoms with van der Waals surface area (Å²) in [5, 5.41) is 3.96. The van der Waals surface area contributed by atoms with E-state index in [1.165, 1.54) is 105 Å². The van der Waals surface area contributed by atoms with Crippen molar-refractivity contribution in [1.29, 1.82) is 0 Å². The average molecular weight is 574 g/mol. The molecule has 9 aromatic rings. The summed E-state index contributed by atoms with van der Waals surface area (Å²) in [5.41, 5.74) is 21.2. The highest BCUT2D eigenvalue weighted by atomic mass is 15.1. The molecule has 45 heavy (non-hydrogen) atoms. The van der Waals surface area contributed by atoms with Gasteiger partial charge in [-0.05, 0) is 113 Å². The van der Waals surface area contributed by atoms with Gasteiger partial charge in [-0.3, -0.25) is 8.97 Å². The Bertz CT molecular complexity index is 2790. The topological polar surface area (TPSA) is 14.3 Å². The van der Waals surface area contributed by atoms with E-state index in [1.54, 1.807) is 0 Å². The number of aryl methyl sites for hydroxylation is 3. The first kappa shape index (κ1) is 23.9. The second-order valence-corrected chi connectivity index (χ2v) is 13.2. The number of nitrogens with zero attached hydrogens (tertiary/aromatic N) is 3. The van der Waals surface area contributed by atoms with Crippen molar-refractivity contribution in [3.63, 3.8) is 0 Å². The zero-order valence-electron chi connectivity index (χ0n) is 25.4. The molecule has 0 saturated carbocycles. The molecule has 11 rings (SSSR count). The van der Waals surface area contributed by atoms with Crippen LogP contribution in [0.25, 0.3) is 71.9 Å². The number of benzene rings is 6. The largest absolute Gasteiger partial charge is 0.309 e. The predicted molar refractivity (Wildman–Crippen MR) is 190 cm³/mol. The van der Waals surface area contributed by atoms with Crippen molar-refractivity contribution >= 4 is 72.5 Å². The molecule has 0 amide bonds. The Balaban J connectivity index is 1.36. The van der Waals surface area contributed by atoms with E-state index in [9.17, 15) is 0 Å². The summed E-state index contributed by atoms with van der Waals surface area (Å²) in [7, 11) is 0. The average Bonchev–Trinajstić information content (AvgIpc) is 3.76. The van der Waals surface area contributed by atoms with E-state index >= 15 is 0 Å². The van der Waals surface area contributed by atoms with E-state index < -0.39 is 0 Å². The molecule has 0 fully saturated rings. The molecular weight excluding hydrogens is 545 g/mol. The first-order valence-corrected chi connectivity index (χ1v) is 15.9. The molecule has 210 valence electrons. The molecule has 0 atom stereocenters. The summed E-state index contributed by atoms with van der Waals surface area (Å²) in [6.07, 6.45) is 0. The van der Waals surface area contributed by atoms with E-state index in [2.05, 4.69) is 150 Å². The Morgan fingerprint density at radius 3 is 2.09 bits per heavy atom. The Labute approximate surface area is 260 Å². The molecule has 2 aliphatic rings. The van der Waals surface area contributed by atoms with Gasteiger partial charge in [0.15, 0.2) is 0 Å². The van der Waals surface area contributed by atoms with Crippen molar-refractivity contribution < 1.29 is 0 Å². The maximum atomic E-state index is 2.59. The first-order chi connectivity index (χ1) is 22.1. The molecule has 5 heterocycles. The minimum absolute atomic E-state index is 0.158. The van der Waals surface area contributed by atoms with Gasteiger partial charge in [-0.1, -0.05) is 72.2 Å². The molecule has 2 aliphatic heterocycles. The van der Waals surface area contributed by atoms with E-state index in [1.807, 2.05) is 0 Å². The minimum Gasteiger partial charge on any atom is -0.309 e. The van der Waals surface area contributed by atoms with Crippen LogP contribution in [0.3, 0.4) is 0 Å². The molecule has 4 heteroatoms. The van der Waals surface area contributed by atoms with Gasteiger partial charge in [0.05, 0.1) is 27.6 Å². The van der Waals surface area contributed by atoms with Crippen LogP contribution in [0.2, 0.25) is 0 Å². The lowest BCUT2D eigenvalue weighted by Crippen LogP contribution is -2.53. The third-order valence-corrected chi connectivity index (χ3v) is 10.6. The number of hydrogen-bond donors (Lipinski definition) is 0. The standard InChI is InChI=1S/C41H28BN3/c1-23-17-25(3)40-37(20-23)44-34-16-10-8-14-28(34)39-41(44)45(40)36-19-24(2)18-31-29-21-30-27-13-7-9-15-33(27)43(26-11-5-4-6-12-26)35(30)22-32(29)42(39)38(31)36/h4-22H,1-3H3. The number of aromatic nitrogens is 3. The highest BCUT2D eigenvalue weighted by Crippen LogP contribution is 2.41. The zero-order chi connectivity index (χ0) is 29.7. The van der Waals surface area contributed by atoms with Crippen molar-refractivity contribution in [3.05, 3.63) is 132 Å². The normalized spacial score (nSPS) is 13.2. The highest BCUT2D eigenvalue weighted by molar-refractivity contribution is 7.02. The number of para-hydroxylation sites is 3. The second kappa shape index (κ2) is 7.97. The number of hydrogen-bond acceptors (Lipinski definition) is 0. The molecule has 3 aromatic heterocycles. The van der Waals surface area contributed by atoms with E-state index in [4.69, 9.17) is 0 Å². The van der Waals surface area contributed by atoms with Crippen molar-refractivity contribution in [1.82, 2.24) is 13.5 Å². The quantitative estimate of drug-likeness (QED) is 0.178. The lowest BCUT2D eigenvalue weighted by Gasteiger charge is -2.24. The van der Waals surface area contributed by atoms with Gasteiger partial charge in [0, 0.05) is 22.1 Å². The van der Waals surface area contributed by atoms with Crippen LogP contribution in [0.4, 0.5) is 0 Å². The number of imidazole rings is 1. The fourth-order valence-electron chi connectivity index (χ4n) is 9.04. The van der Waals surface area contributed by atoms with E-state index in [0.717, 1.165) is 0 Å². The number of rotatable bonds is 1. The summed E-state index contributed by atoms with van der Waals surface area (Å²) in [6.45, 7) is 6.91. The second-order valence-electron chi connectivity index (χ2n) is 13.2. The van der Waals surface area contributed by atoms with Gasteiger partial charge >= 0.3 is 0 Å². The maximum absolute atomic E-state index is 2.59. The van der Waals surface area contributed by atoms with Crippen LogP contribution in [0.5, 0.6) is 0 Å². The molecule has 0 unspecified atom stereocenters. The van der Waals surface area contributed by atoms with Gasteiger partial charge in [0.25, 0.3) is 6.71 Å². The molecule has 0 N–H and O–H groups in total. The molecular formula is C41H28BN3. The molecule has 0 radical (unpaired) electrons. The minimum atomic E-state index is 0.158. The Hall–Kier alpha value is -5.48. The van der Waals surface area contributed by atoms with Crippen molar-refractivity contribution in [2.24, 2.45) is 0 Å². The van der Waals surface area contributed by atoms with Gasteiger partial charge in [0.2, 0.25) is 0 Å². The van der Waals surface area contributed by atoms with Crippen molar-refractivity contribution in [2.45, 2.75) is 20.8 Å². The van der Waals surface area contributed by atoms with Crippen LogP contribution in [0, 0.1) is 20.8 Å². The molecule has 0 aliphatic carbocycles. The third-order valence-electron chi connectivity index (χ3n) is 10.6. The Morgan fingerprint density at radius 2 is 1.24 bits per heavy atom. The molecule has 0 bridgehead atoms. The highest BCUT2D eigenvalue weighted by Gasteiger charge is 2.44. The van der Waals surface area contributed by atoms with E-state index in [0.29, 0.717) is 0 Å². The zero-order valence-corrected chi connectivity index (χ0v) is 25.4. The van der Waals surface area contributed by atoms with E-state index in [-0.39, 0.29) is 6.71 Å². The van der Waals surface area contributed by atoms with Crippen LogP contribution in [0.15, 0.2) is 115 Å². The Morgan fingerprint density at radius 1 is 0.511 bits per heavy atom. The summed E-state index contributed by atoms with van der Waals surface area (Å²) < 4.78 is 7.59. The fourth-order valence-corrected chi connectivity index (χ4v) is 9.04. The smallest absolute Gasteiger partial charge is 0.251 e. The van der Waals surface area contributed by atoms with Crippen molar-refractivity contribution in [2.75, 3.05) is 0 Å². The van der Waals surface area contributed by atoms with Gasteiger partial charge in [-0.25, -0.2) is 0 Å². The molecule has 0 spiro atoms. The maximum Gasteiger partial charge on any atom is 0.251 e. The summed E-state index contributed by atoms with van der Waals surface area (Å²) in [6, 6.07) is 43.3. The van der Waals surface area contributed by atoms with Crippen LogP contribution >= 0.6 is 0 Å². The summed E-state index contributed by atoms with van der Waals surface area (Å²) >= 11 is 0. The van der Waals surface area contributed by atoms with Gasteiger partial charge in [-0.2, -0.15) is 0 Å². The lowest BCUT2D eigenvalue weighted by molar-refractivity contribution is 1.14. The third kappa shape index (κ3) is 2.76. The van der Waals surface area contributed by atoms with Crippen LogP contribution in [-0.4, -0.2) is 20.2 Å². The van der Waals surface area contributed by atoms with Crippen LogP contribution < -0.4 is 16.4 Å². The van der Waals surface area contributed by atoms with Crippen LogP contribution in [0.1, 0.15) is 16.7 Å². The molecule has 0 saturated heterocycles. The number of fused-ring (bicyclic) bond motifs is 14.